The summed E-state index contributed by atoms with van der Waals surface area (Å²) in [7, 11) is 1.37. The van der Waals surface area contributed by atoms with Crippen molar-refractivity contribution in [3.05, 3.63) is 0 Å². The largest absolute Gasteiger partial charge is 0.480 e. The Hall–Kier alpha value is -1.14. The Morgan fingerprint density at radius 1 is 1.53 bits per heavy atom. The van der Waals surface area contributed by atoms with Gasteiger partial charge in [0.15, 0.2) is 6.04 Å². The van der Waals surface area contributed by atoms with Crippen molar-refractivity contribution >= 4 is 11.9 Å². The highest BCUT2D eigenvalue weighted by molar-refractivity contribution is 5.83. The molecule has 15 heavy (non-hydrogen) atoms. The van der Waals surface area contributed by atoms with Gasteiger partial charge in [-0.1, -0.05) is 6.92 Å². The number of methoxy groups -OCH3 is 1. The van der Waals surface area contributed by atoms with E-state index in [0.29, 0.717) is 6.42 Å². The molecule has 0 spiro atoms. The van der Waals surface area contributed by atoms with Crippen LogP contribution in [0.3, 0.4) is 0 Å². The average Bonchev–Trinajstić information content (AvgIpc) is 2.16. The number of rotatable bonds is 7. The molecule has 0 fully saturated rings. The summed E-state index contributed by atoms with van der Waals surface area (Å²) in [6.07, 6.45) is 0.805. The lowest BCUT2D eigenvalue weighted by molar-refractivity contribution is -0.143. The molecule has 6 nitrogen and oxygen atoms in total. The number of ether oxygens (including phenoxy) is 1. The topological polar surface area (TPSA) is 102 Å². The van der Waals surface area contributed by atoms with E-state index in [9.17, 15) is 9.59 Å². The molecule has 4 N–H and O–H groups in total. The monoisotopic (exact) mass is 218 g/mol. The molecule has 88 valence electrons. The third-order valence-corrected chi connectivity index (χ3v) is 1.94. The summed E-state index contributed by atoms with van der Waals surface area (Å²) < 4.78 is 4.67. The first-order chi connectivity index (χ1) is 7.01. The van der Waals surface area contributed by atoms with Crippen LogP contribution in [0, 0.1) is 0 Å². The zero-order chi connectivity index (χ0) is 11.8. The molecule has 0 rings (SSSR count). The second-order valence-electron chi connectivity index (χ2n) is 3.29. The van der Waals surface area contributed by atoms with E-state index in [0.717, 1.165) is 0 Å². The van der Waals surface area contributed by atoms with Crippen LogP contribution in [0.25, 0.3) is 0 Å². The Labute approximate surface area is 88.8 Å². The van der Waals surface area contributed by atoms with Crippen molar-refractivity contribution in [3.63, 3.8) is 0 Å². The smallest absolute Gasteiger partial charge is 0.328 e. The van der Waals surface area contributed by atoms with E-state index in [-0.39, 0.29) is 25.0 Å². The predicted molar refractivity (Wildman–Crippen MR) is 54.3 cm³/mol. The van der Waals surface area contributed by atoms with Crippen molar-refractivity contribution in [1.29, 1.82) is 0 Å². The fraction of sp³-hybridized carbons (Fsp3) is 0.778. The first-order valence-electron chi connectivity index (χ1n) is 4.77. The number of amides is 1. The highest BCUT2D eigenvalue weighted by Crippen LogP contribution is 1.95. The van der Waals surface area contributed by atoms with Gasteiger partial charge < -0.3 is 20.9 Å². The molecule has 2 atom stereocenters. The summed E-state index contributed by atoms with van der Waals surface area (Å²) in [6.45, 7) is 1.81. The van der Waals surface area contributed by atoms with Gasteiger partial charge in [-0.3, -0.25) is 4.79 Å². The lowest BCUT2D eigenvalue weighted by atomic mass is 10.1. The molecule has 2 unspecified atom stereocenters. The number of carboxylic acid groups (broad SMARTS) is 1. The highest BCUT2D eigenvalue weighted by atomic mass is 16.5. The van der Waals surface area contributed by atoms with Crippen LogP contribution in [0.2, 0.25) is 0 Å². The zero-order valence-electron chi connectivity index (χ0n) is 9.03. The van der Waals surface area contributed by atoms with Crippen molar-refractivity contribution < 1.29 is 19.4 Å². The van der Waals surface area contributed by atoms with Gasteiger partial charge in [-0.15, -0.1) is 0 Å². The van der Waals surface area contributed by atoms with Gasteiger partial charge in [0.05, 0.1) is 6.61 Å². The molecular weight excluding hydrogens is 200 g/mol. The van der Waals surface area contributed by atoms with Crippen LogP contribution >= 0.6 is 0 Å². The molecule has 0 aliphatic rings. The summed E-state index contributed by atoms with van der Waals surface area (Å²) >= 11 is 0. The molecule has 0 heterocycles. The first-order valence-corrected chi connectivity index (χ1v) is 4.77. The second kappa shape index (κ2) is 7.19. The molecule has 0 aromatic rings. The summed E-state index contributed by atoms with van der Waals surface area (Å²) in [5, 5.41) is 11.1. The van der Waals surface area contributed by atoms with E-state index in [1.54, 1.807) is 0 Å². The number of carboxylic acids is 1. The van der Waals surface area contributed by atoms with Gasteiger partial charge in [-0.05, 0) is 6.42 Å². The van der Waals surface area contributed by atoms with Gasteiger partial charge in [-0.25, -0.2) is 4.79 Å². The van der Waals surface area contributed by atoms with E-state index in [4.69, 9.17) is 10.8 Å². The molecule has 0 aliphatic heterocycles. The van der Waals surface area contributed by atoms with Gasteiger partial charge in [0.2, 0.25) is 5.91 Å². The maximum atomic E-state index is 11.3. The third kappa shape index (κ3) is 6.03. The van der Waals surface area contributed by atoms with Crippen molar-refractivity contribution in [1.82, 2.24) is 5.32 Å². The van der Waals surface area contributed by atoms with E-state index in [1.165, 1.54) is 7.11 Å². The minimum Gasteiger partial charge on any atom is -0.480 e. The molecule has 0 aromatic carbocycles. The molecule has 0 bridgehead atoms. The van der Waals surface area contributed by atoms with Crippen molar-refractivity contribution in [2.45, 2.75) is 31.8 Å². The van der Waals surface area contributed by atoms with Crippen LogP contribution in [0.5, 0.6) is 0 Å². The fourth-order valence-corrected chi connectivity index (χ4v) is 0.977. The average molecular weight is 218 g/mol. The van der Waals surface area contributed by atoms with Crippen molar-refractivity contribution in [2.24, 2.45) is 5.73 Å². The van der Waals surface area contributed by atoms with Crippen LogP contribution in [0.15, 0.2) is 0 Å². The Morgan fingerprint density at radius 2 is 2.13 bits per heavy atom. The molecule has 0 saturated heterocycles. The lowest BCUT2D eigenvalue weighted by Gasteiger charge is -2.15. The van der Waals surface area contributed by atoms with Crippen LogP contribution in [-0.4, -0.2) is 42.8 Å². The number of aliphatic carboxylic acids is 1. The number of nitrogens with two attached hydrogens (primary N) is 1. The lowest BCUT2D eigenvalue weighted by Crippen LogP contribution is -2.45. The highest BCUT2D eigenvalue weighted by Gasteiger charge is 2.20. The van der Waals surface area contributed by atoms with Crippen molar-refractivity contribution in [3.8, 4) is 0 Å². The van der Waals surface area contributed by atoms with Gasteiger partial charge in [0, 0.05) is 19.6 Å². The van der Waals surface area contributed by atoms with Crippen LogP contribution < -0.4 is 11.1 Å². The van der Waals surface area contributed by atoms with Crippen LogP contribution in [-0.2, 0) is 14.3 Å². The Morgan fingerprint density at radius 3 is 2.53 bits per heavy atom. The number of carbonyl (C=O) groups excluding carboxylic acids is 1. The molecule has 0 radical (unpaired) electrons. The molecule has 1 amide bonds. The predicted octanol–water partition coefficient (Wildman–Crippen LogP) is -0.670. The summed E-state index contributed by atoms with van der Waals surface area (Å²) in [5.41, 5.74) is 5.56. The Balaban J connectivity index is 4.05. The minimum absolute atomic E-state index is 0.0531. The maximum absolute atomic E-state index is 11.3. The molecule has 0 saturated carbocycles. The van der Waals surface area contributed by atoms with Gasteiger partial charge in [-0.2, -0.15) is 0 Å². The standard InChI is InChI=1S/C9H18N2O4/c1-3-6(10)4-8(12)11-7(5-15-2)9(13)14/h6-7H,3-5,10H2,1-2H3,(H,11,12)(H,13,14). The number of carbonyl (C=O) groups is 2. The quantitative estimate of drug-likeness (QED) is 0.526. The zero-order valence-corrected chi connectivity index (χ0v) is 9.03. The summed E-state index contributed by atoms with van der Waals surface area (Å²) in [5.74, 6) is -1.48. The number of nitrogens with one attached hydrogen (secondary N) is 1. The Kier molecular flexibility index (Phi) is 6.64. The maximum Gasteiger partial charge on any atom is 0.328 e. The van der Waals surface area contributed by atoms with Gasteiger partial charge in [0.1, 0.15) is 0 Å². The normalized spacial score (nSPS) is 14.3. The molecule has 0 aliphatic carbocycles. The van der Waals surface area contributed by atoms with E-state index in [2.05, 4.69) is 10.1 Å². The number of hydrogen-bond acceptors (Lipinski definition) is 4. The SMILES string of the molecule is CCC(N)CC(=O)NC(COC)C(=O)O. The molecule has 6 heteroatoms. The first kappa shape index (κ1) is 13.9. The van der Waals surface area contributed by atoms with Crippen LogP contribution in [0.1, 0.15) is 19.8 Å². The summed E-state index contributed by atoms with van der Waals surface area (Å²) in [4.78, 5) is 21.9. The minimum atomic E-state index is -1.12. The summed E-state index contributed by atoms with van der Waals surface area (Å²) in [6, 6.07) is -1.24. The molecular formula is C9H18N2O4. The van der Waals surface area contributed by atoms with E-state index >= 15 is 0 Å². The van der Waals surface area contributed by atoms with Crippen molar-refractivity contribution in [2.75, 3.05) is 13.7 Å². The second-order valence-corrected chi connectivity index (χ2v) is 3.29. The van der Waals surface area contributed by atoms with E-state index in [1.807, 2.05) is 6.92 Å². The fourth-order valence-electron chi connectivity index (χ4n) is 0.977. The van der Waals surface area contributed by atoms with Gasteiger partial charge >= 0.3 is 5.97 Å². The number of hydrogen-bond donors (Lipinski definition) is 3. The third-order valence-electron chi connectivity index (χ3n) is 1.94. The molecule has 0 aromatic heterocycles. The van der Waals surface area contributed by atoms with Crippen LogP contribution in [0.4, 0.5) is 0 Å². The van der Waals surface area contributed by atoms with Gasteiger partial charge in [0.25, 0.3) is 0 Å². The van der Waals surface area contributed by atoms with E-state index < -0.39 is 12.0 Å². The Bertz CT molecular complexity index is 220.